The number of rotatable bonds is 9. The van der Waals surface area contributed by atoms with Crippen molar-refractivity contribution in [1.29, 1.82) is 0 Å². The molecule has 1 fully saturated rings. The van der Waals surface area contributed by atoms with Gasteiger partial charge in [0.2, 0.25) is 11.8 Å². The number of aromatic nitrogens is 1. The van der Waals surface area contributed by atoms with Crippen molar-refractivity contribution in [2.24, 2.45) is 11.7 Å². The summed E-state index contributed by atoms with van der Waals surface area (Å²) in [4.78, 5) is 30.1. The first-order chi connectivity index (χ1) is 17.7. The van der Waals surface area contributed by atoms with E-state index in [0.29, 0.717) is 16.6 Å². The van der Waals surface area contributed by atoms with Gasteiger partial charge in [-0.15, -0.1) is 13.2 Å². The molecule has 198 valence electrons. The van der Waals surface area contributed by atoms with Crippen LogP contribution >= 0.6 is 11.3 Å². The summed E-state index contributed by atoms with van der Waals surface area (Å²) in [5.74, 6) is -0.832. The fraction of sp³-hybridized carbons (Fsp3) is 0.423. The lowest BCUT2D eigenvalue weighted by atomic mass is 9.82. The third kappa shape index (κ3) is 7.90. The van der Waals surface area contributed by atoms with E-state index >= 15 is 0 Å². The van der Waals surface area contributed by atoms with Crippen molar-refractivity contribution < 1.29 is 27.5 Å². The van der Waals surface area contributed by atoms with Gasteiger partial charge in [0.15, 0.2) is 5.13 Å². The summed E-state index contributed by atoms with van der Waals surface area (Å²) in [6, 6.07) is 12.2. The number of hydrogen-bond acceptors (Lipinski definition) is 6. The molecule has 0 saturated heterocycles. The minimum Gasteiger partial charge on any atom is -0.406 e. The molecule has 1 aromatic heterocycles. The molecule has 1 heterocycles. The van der Waals surface area contributed by atoms with Crippen LogP contribution in [0.3, 0.4) is 0 Å². The number of alkyl halides is 3. The zero-order valence-electron chi connectivity index (χ0n) is 20.1. The molecule has 4 rings (SSSR count). The van der Waals surface area contributed by atoms with E-state index in [0.717, 1.165) is 49.0 Å². The Hall–Kier alpha value is -3.18. The minimum atomic E-state index is -4.79. The molecule has 2 atom stereocenters. The van der Waals surface area contributed by atoms with E-state index in [1.54, 1.807) is 0 Å². The monoisotopic (exact) mass is 534 g/mol. The van der Waals surface area contributed by atoms with Crippen molar-refractivity contribution in [2.45, 2.75) is 63.4 Å². The first-order valence-corrected chi connectivity index (χ1v) is 13.0. The molecule has 1 unspecified atom stereocenters. The number of thiazole rings is 1. The van der Waals surface area contributed by atoms with Crippen molar-refractivity contribution >= 4 is 38.5 Å². The lowest BCUT2D eigenvalue weighted by Crippen LogP contribution is -2.50. The molecule has 37 heavy (non-hydrogen) atoms. The molecule has 3 aromatic rings. The maximum atomic E-state index is 12.9. The maximum absolute atomic E-state index is 12.9. The summed E-state index contributed by atoms with van der Waals surface area (Å²) in [5, 5.41) is 6.01. The summed E-state index contributed by atoms with van der Waals surface area (Å²) in [5.41, 5.74) is 7.57. The van der Waals surface area contributed by atoms with E-state index < -0.39 is 12.4 Å². The van der Waals surface area contributed by atoms with Crippen LogP contribution in [-0.2, 0) is 16.0 Å². The Morgan fingerprint density at radius 2 is 1.84 bits per heavy atom. The Labute approximate surface area is 216 Å². The summed E-state index contributed by atoms with van der Waals surface area (Å²) < 4.78 is 41.9. The van der Waals surface area contributed by atoms with Gasteiger partial charge in [0.05, 0.1) is 16.3 Å². The van der Waals surface area contributed by atoms with Gasteiger partial charge in [0, 0.05) is 18.5 Å². The van der Waals surface area contributed by atoms with E-state index in [2.05, 4.69) is 20.4 Å². The lowest BCUT2D eigenvalue weighted by molar-refractivity contribution is -0.274. The summed E-state index contributed by atoms with van der Waals surface area (Å²) in [7, 11) is 0. The lowest BCUT2D eigenvalue weighted by Gasteiger charge is -2.31. The first-order valence-electron chi connectivity index (χ1n) is 12.2. The van der Waals surface area contributed by atoms with Gasteiger partial charge in [0.25, 0.3) is 0 Å². The van der Waals surface area contributed by atoms with Gasteiger partial charge in [-0.25, -0.2) is 4.98 Å². The summed E-state index contributed by atoms with van der Waals surface area (Å²) in [6.45, 7) is 0. The number of fused-ring (bicyclic) bond motifs is 1. The molecule has 0 radical (unpaired) electrons. The van der Waals surface area contributed by atoms with E-state index in [1.807, 2.05) is 30.3 Å². The van der Waals surface area contributed by atoms with Crippen LogP contribution in [0.25, 0.3) is 10.2 Å². The van der Waals surface area contributed by atoms with Gasteiger partial charge in [-0.1, -0.05) is 60.9 Å². The van der Waals surface area contributed by atoms with Gasteiger partial charge >= 0.3 is 6.36 Å². The Morgan fingerprint density at radius 3 is 2.54 bits per heavy atom. The van der Waals surface area contributed by atoms with Crippen LogP contribution in [0.4, 0.5) is 18.3 Å². The van der Waals surface area contributed by atoms with E-state index in [4.69, 9.17) is 5.73 Å². The molecular formula is C26H29F3N4O3S. The maximum Gasteiger partial charge on any atom is 0.573 e. The fourth-order valence-corrected chi connectivity index (χ4v) is 5.56. The predicted molar refractivity (Wildman–Crippen MR) is 136 cm³/mol. The molecule has 7 nitrogen and oxygen atoms in total. The number of hydrogen-bond donors (Lipinski definition) is 3. The van der Waals surface area contributed by atoms with Gasteiger partial charge in [0.1, 0.15) is 5.75 Å². The summed E-state index contributed by atoms with van der Waals surface area (Å²) in [6.07, 6.45) is 0.670. The van der Waals surface area contributed by atoms with Crippen LogP contribution in [0.1, 0.15) is 44.1 Å². The number of anilines is 1. The first kappa shape index (κ1) is 26.9. The minimum absolute atomic E-state index is 0.0484. The molecule has 1 saturated carbocycles. The van der Waals surface area contributed by atoms with Gasteiger partial charge in [-0.05, 0) is 42.9 Å². The van der Waals surface area contributed by atoms with E-state index in [1.165, 1.54) is 18.2 Å². The van der Waals surface area contributed by atoms with E-state index in [9.17, 15) is 22.8 Å². The number of carbonyl (C=O) groups excluding carboxylic acids is 2. The van der Waals surface area contributed by atoms with Crippen LogP contribution in [0.2, 0.25) is 0 Å². The number of ether oxygens (including phenoxy) is 1. The van der Waals surface area contributed by atoms with Crippen molar-refractivity contribution in [3.63, 3.8) is 0 Å². The quantitative estimate of drug-likeness (QED) is 0.352. The van der Waals surface area contributed by atoms with Gasteiger partial charge in [-0.3, -0.25) is 9.59 Å². The SMILES string of the molecule is N[C@@H](Cc1ccccc1)C(=O)NC(CC(=O)Nc1nc2ccc(OC(F)(F)F)cc2s1)C1CCCCC1. The van der Waals surface area contributed by atoms with Crippen molar-refractivity contribution in [3.05, 3.63) is 54.1 Å². The molecule has 0 bridgehead atoms. The highest BCUT2D eigenvalue weighted by Crippen LogP contribution is 2.32. The Morgan fingerprint density at radius 1 is 1.11 bits per heavy atom. The highest BCUT2D eigenvalue weighted by molar-refractivity contribution is 7.22. The largest absolute Gasteiger partial charge is 0.573 e. The third-order valence-corrected chi connectivity index (χ3v) is 7.36. The molecular weight excluding hydrogens is 505 g/mol. The molecule has 0 aliphatic heterocycles. The number of nitrogens with one attached hydrogen (secondary N) is 2. The summed E-state index contributed by atoms with van der Waals surface area (Å²) >= 11 is 1.05. The number of nitrogens with zero attached hydrogens (tertiary/aromatic N) is 1. The number of nitrogens with two attached hydrogens (primary N) is 1. The van der Waals surface area contributed by atoms with Crippen molar-refractivity contribution in [3.8, 4) is 5.75 Å². The molecule has 1 aliphatic carbocycles. The highest BCUT2D eigenvalue weighted by Gasteiger charge is 2.31. The molecule has 2 amide bonds. The third-order valence-electron chi connectivity index (χ3n) is 6.43. The number of carbonyl (C=O) groups is 2. The number of benzene rings is 2. The van der Waals surface area contributed by atoms with Gasteiger partial charge in [-0.2, -0.15) is 0 Å². The highest BCUT2D eigenvalue weighted by atomic mass is 32.1. The van der Waals surface area contributed by atoms with Crippen LogP contribution < -0.4 is 21.1 Å². The molecule has 4 N–H and O–H groups in total. The predicted octanol–water partition coefficient (Wildman–Crippen LogP) is 5.16. The standard InChI is InChI=1S/C26H29F3N4O3S/c27-26(28,29)36-18-11-12-20-22(14-18)37-25(32-20)33-23(34)15-21(17-9-5-2-6-10-17)31-24(35)19(30)13-16-7-3-1-4-8-16/h1,3-4,7-8,11-12,14,17,19,21H,2,5-6,9-10,13,15,30H2,(H,31,35)(H,32,33,34)/t19-,21?/m0/s1. The van der Waals surface area contributed by atoms with Crippen molar-refractivity contribution in [2.75, 3.05) is 5.32 Å². The smallest absolute Gasteiger partial charge is 0.406 e. The van der Waals surface area contributed by atoms with Crippen molar-refractivity contribution in [1.82, 2.24) is 10.3 Å². The second kappa shape index (κ2) is 11.9. The van der Waals surface area contributed by atoms with E-state index in [-0.39, 0.29) is 41.1 Å². The Balaban J connectivity index is 1.40. The number of halogens is 3. The average molecular weight is 535 g/mol. The Kier molecular flexibility index (Phi) is 8.65. The Bertz CT molecular complexity index is 1210. The molecule has 2 aromatic carbocycles. The van der Waals surface area contributed by atoms with Crippen LogP contribution in [0, 0.1) is 5.92 Å². The topological polar surface area (TPSA) is 106 Å². The number of amides is 2. The normalized spacial score (nSPS) is 16.2. The zero-order chi connectivity index (χ0) is 26.4. The molecule has 11 heteroatoms. The zero-order valence-corrected chi connectivity index (χ0v) is 20.9. The average Bonchev–Trinajstić information content (AvgIpc) is 3.25. The second-order valence-corrected chi connectivity index (χ2v) is 10.3. The van der Waals surface area contributed by atoms with Crippen LogP contribution in [0.5, 0.6) is 5.75 Å². The van der Waals surface area contributed by atoms with Crippen LogP contribution in [0.15, 0.2) is 48.5 Å². The van der Waals surface area contributed by atoms with Crippen LogP contribution in [-0.4, -0.2) is 35.2 Å². The van der Waals surface area contributed by atoms with Gasteiger partial charge < -0.3 is 21.1 Å². The molecule has 1 aliphatic rings. The fourth-order valence-electron chi connectivity index (χ4n) is 4.65. The molecule has 0 spiro atoms. The second-order valence-electron chi connectivity index (χ2n) is 9.26.